The topological polar surface area (TPSA) is 32.3 Å². The second-order valence-corrected chi connectivity index (χ2v) is 7.52. The third kappa shape index (κ3) is 3.81. The molecule has 1 aromatic heterocycles. The van der Waals surface area contributed by atoms with Crippen LogP contribution < -0.4 is 5.32 Å². The SMILES string of the molecule is CC(C)(C)c1ccc(CNC(CCO)C2CC2)s1. The first-order chi connectivity index (χ1) is 8.50. The highest BCUT2D eigenvalue weighted by molar-refractivity contribution is 7.12. The van der Waals surface area contributed by atoms with Crippen molar-refractivity contribution in [1.29, 1.82) is 0 Å². The van der Waals surface area contributed by atoms with E-state index >= 15 is 0 Å². The molecule has 0 saturated heterocycles. The van der Waals surface area contributed by atoms with Crippen molar-refractivity contribution < 1.29 is 5.11 Å². The summed E-state index contributed by atoms with van der Waals surface area (Å²) in [6, 6.07) is 5.00. The van der Waals surface area contributed by atoms with Gasteiger partial charge in [-0.3, -0.25) is 0 Å². The Morgan fingerprint density at radius 1 is 1.39 bits per heavy atom. The second kappa shape index (κ2) is 5.72. The lowest BCUT2D eigenvalue weighted by Gasteiger charge is -2.17. The molecule has 0 radical (unpaired) electrons. The van der Waals surface area contributed by atoms with Crippen molar-refractivity contribution >= 4 is 11.3 Å². The molecule has 1 aliphatic rings. The standard InChI is InChI=1S/C15H25NOS/c1-15(2,3)14-7-6-12(18-14)10-16-13(8-9-17)11-4-5-11/h6-7,11,13,16-17H,4-5,8-10H2,1-3H3. The van der Waals surface area contributed by atoms with Gasteiger partial charge in [-0.1, -0.05) is 20.8 Å². The molecule has 2 nitrogen and oxygen atoms in total. The first kappa shape index (κ1) is 14.0. The molecule has 1 aromatic rings. The zero-order valence-electron chi connectivity index (χ0n) is 11.7. The Hall–Kier alpha value is -0.380. The Labute approximate surface area is 114 Å². The van der Waals surface area contributed by atoms with Crippen molar-refractivity contribution in [3.8, 4) is 0 Å². The predicted molar refractivity (Wildman–Crippen MR) is 78.1 cm³/mol. The Morgan fingerprint density at radius 2 is 2.11 bits per heavy atom. The average Bonchev–Trinajstić information content (AvgIpc) is 3.01. The van der Waals surface area contributed by atoms with E-state index in [0.29, 0.717) is 12.6 Å². The van der Waals surface area contributed by atoms with Crippen molar-refractivity contribution in [2.75, 3.05) is 6.61 Å². The van der Waals surface area contributed by atoms with Gasteiger partial charge < -0.3 is 10.4 Å². The van der Waals surface area contributed by atoms with Crippen LogP contribution in [-0.4, -0.2) is 17.8 Å². The van der Waals surface area contributed by atoms with Gasteiger partial charge in [0.05, 0.1) is 0 Å². The van der Waals surface area contributed by atoms with Crippen molar-refractivity contribution in [3.05, 3.63) is 21.9 Å². The highest BCUT2D eigenvalue weighted by Crippen LogP contribution is 2.34. The predicted octanol–water partition coefficient (Wildman–Crippen LogP) is 3.30. The molecule has 1 saturated carbocycles. The summed E-state index contributed by atoms with van der Waals surface area (Å²) >= 11 is 1.91. The third-order valence-corrected chi connectivity index (χ3v) is 5.08. The van der Waals surface area contributed by atoms with Crippen LogP contribution in [-0.2, 0) is 12.0 Å². The molecule has 18 heavy (non-hydrogen) atoms. The maximum atomic E-state index is 9.08. The number of aliphatic hydroxyl groups excluding tert-OH is 1. The summed E-state index contributed by atoms with van der Waals surface area (Å²) in [5.74, 6) is 0.805. The Kier molecular flexibility index (Phi) is 4.46. The molecule has 1 heterocycles. The molecule has 102 valence electrons. The molecule has 1 unspecified atom stereocenters. The fraction of sp³-hybridized carbons (Fsp3) is 0.733. The number of hydrogen-bond acceptors (Lipinski definition) is 3. The molecule has 0 aromatic carbocycles. The summed E-state index contributed by atoms with van der Waals surface area (Å²) in [6.45, 7) is 8.02. The first-order valence-electron chi connectivity index (χ1n) is 6.94. The molecule has 1 aliphatic carbocycles. The number of rotatable bonds is 6. The Bertz CT molecular complexity index is 376. The molecular formula is C15H25NOS. The highest BCUT2D eigenvalue weighted by Gasteiger charge is 2.30. The fourth-order valence-electron chi connectivity index (χ4n) is 2.25. The summed E-state index contributed by atoms with van der Waals surface area (Å²) < 4.78 is 0. The summed E-state index contributed by atoms with van der Waals surface area (Å²) in [5, 5.41) is 12.7. The Morgan fingerprint density at radius 3 is 2.61 bits per heavy atom. The van der Waals surface area contributed by atoms with Gasteiger partial charge in [-0.25, -0.2) is 0 Å². The lowest BCUT2D eigenvalue weighted by Crippen LogP contribution is -2.31. The van der Waals surface area contributed by atoms with E-state index in [1.54, 1.807) is 0 Å². The van der Waals surface area contributed by atoms with Gasteiger partial charge >= 0.3 is 0 Å². The van der Waals surface area contributed by atoms with Gasteiger partial charge in [-0.15, -0.1) is 11.3 Å². The van der Waals surface area contributed by atoms with Gasteiger partial charge in [0.1, 0.15) is 0 Å². The lowest BCUT2D eigenvalue weighted by molar-refractivity contribution is 0.256. The molecule has 1 atom stereocenters. The van der Waals surface area contributed by atoms with Gasteiger partial charge in [0, 0.05) is 28.9 Å². The van der Waals surface area contributed by atoms with Gasteiger partial charge in [-0.05, 0) is 42.7 Å². The molecule has 1 fully saturated rings. The van der Waals surface area contributed by atoms with Crippen LogP contribution >= 0.6 is 11.3 Å². The normalized spacial score (nSPS) is 18.0. The van der Waals surface area contributed by atoms with E-state index in [1.165, 1.54) is 22.6 Å². The van der Waals surface area contributed by atoms with Gasteiger partial charge in [0.2, 0.25) is 0 Å². The van der Waals surface area contributed by atoms with Crippen molar-refractivity contribution in [2.24, 2.45) is 5.92 Å². The van der Waals surface area contributed by atoms with Crippen LogP contribution in [0.3, 0.4) is 0 Å². The fourth-order valence-corrected chi connectivity index (χ4v) is 3.27. The first-order valence-corrected chi connectivity index (χ1v) is 7.76. The minimum atomic E-state index is 0.254. The third-order valence-electron chi connectivity index (χ3n) is 3.57. The molecule has 2 N–H and O–H groups in total. The van der Waals surface area contributed by atoms with E-state index in [0.717, 1.165) is 18.9 Å². The summed E-state index contributed by atoms with van der Waals surface area (Å²) in [7, 11) is 0. The molecule has 3 heteroatoms. The monoisotopic (exact) mass is 267 g/mol. The molecule has 0 spiro atoms. The summed E-state index contributed by atoms with van der Waals surface area (Å²) in [5.41, 5.74) is 0.254. The highest BCUT2D eigenvalue weighted by atomic mass is 32.1. The van der Waals surface area contributed by atoms with E-state index < -0.39 is 0 Å². The minimum Gasteiger partial charge on any atom is -0.396 e. The van der Waals surface area contributed by atoms with Crippen LogP contribution in [0.15, 0.2) is 12.1 Å². The van der Waals surface area contributed by atoms with Crippen molar-refractivity contribution in [2.45, 2.75) is 58.0 Å². The molecule has 0 amide bonds. The maximum Gasteiger partial charge on any atom is 0.0445 e. The summed E-state index contributed by atoms with van der Waals surface area (Å²) in [6.07, 6.45) is 3.55. The quantitative estimate of drug-likeness (QED) is 0.829. The van der Waals surface area contributed by atoms with Crippen molar-refractivity contribution in [1.82, 2.24) is 5.32 Å². The smallest absolute Gasteiger partial charge is 0.0445 e. The molecule has 0 aliphatic heterocycles. The van der Waals surface area contributed by atoms with E-state index in [9.17, 15) is 0 Å². The molecule has 2 rings (SSSR count). The second-order valence-electron chi connectivity index (χ2n) is 6.35. The molecular weight excluding hydrogens is 242 g/mol. The zero-order valence-corrected chi connectivity index (χ0v) is 12.5. The van der Waals surface area contributed by atoms with Crippen LogP contribution in [0.2, 0.25) is 0 Å². The van der Waals surface area contributed by atoms with Crippen LogP contribution in [0.25, 0.3) is 0 Å². The van der Waals surface area contributed by atoms with E-state index in [-0.39, 0.29) is 5.41 Å². The van der Waals surface area contributed by atoms with E-state index in [4.69, 9.17) is 5.11 Å². The van der Waals surface area contributed by atoms with Crippen LogP contribution in [0, 0.1) is 5.92 Å². The zero-order chi connectivity index (χ0) is 13.2. The average molecular weight is 267 g/mol. The lowest BCUT2D eigenvalue weighted by atomic mass is 9.95. The maximum absolute atomic E-state index is 9.08. The van der Waals surface area contributed by atoms with E-state index in [1.807, 2.05) is 11.3 Å². The van der Waals surface area contributed by atoms with Crippen LogP contribution in [0.4, 0.5) is 0 Å². The van der Waals surface area contributed by atoms with Gasteiger partial charge in [0.15, 0.2) is 0 Å². The minimum absolute atomic E-state index is 0.254. The van der Waals surface area contributed by atoms with Crippen LogP contribution in [0.1, 0.15) is 49.8 Å². The van der Waals surface area contributed by atoms with E-state index in [2.05, 4.69) is 38.2 Å². The van der Waals surface area contributed by atoms with Crippen LogP contribution in [0.5, 0.6) is 0 Å². The van der Waals surface area contributed by atoms with Gasteiger partial charge in [0.25, 0.3) is 0 Å². The largest absolute Gasteiger partial charge is 0.396 e. The number of thiophene rings is 1. The molecule has 0 bridgehead atoms. The van der Waals surface area contributed by atoms with Gasteiger partial charge in [-0.2, -0.15) is 0 Å². The summed E-state index contributed by atoms with van der Waals surface area (Å²) in [4.78, 5) is 2.85. The Balaban J connectivity index is 1.87. The number of hydrogen-bond donors (Lipinski definition) is 2. The number of nitrogens with one attached hydrogen (secondary N) is 1. The van der Waals surface area contributed by atoms with Crippen molar-refractivity contribution in [3.63, 3.8) is 0 Å². The number of aliphatic hydroxyl groups is 1.